The summed E-state index contributed by atoms with van der Waals surface area (Å²) in [6.45, 7) is 1.93. The van der Waals surface area contributed by atoms with Gasteiger partial charge in [-0.25, -0.2) is 9.78 Å². The van der Waals surface area contributed by atoms with Gasteiger partial charge in [-0.3, -0.25) is 9.55 Å². The maximum atomic E-state index is 13.4. The molecule has 3 aromatic rings. The molecular weight excluding hydrogens is 364 g/mol. The lowest BCUT2D eigenvalue weighted by Crippen LogP contribution is -2.31. The first kappa shape index (κ1) is 17.9. The van der Waals surface area contributed by atoms with E-state index < -0.39 is 0 Å². The van der Waals surface area contributed by atoms with Crippen LogP contribution in [0.25, 0.3) is 11.0 Å². The summed E-state index contributed by atoms with van der Waals surface area (Å²) in [6.07, 6.45) is 8.90. The molecule has 148 valence electrons. The molecule has 1 atom stereocenters. The number of imidazole rings is 1. The van der Waals surface area contributed by atoms with Gasteiger partial charge >= 0.3 is 5.97 Å². The molecule has 1 aliphatic heterocycles. The van der Waals surface area contributed by atoms with Crippen LogP contribution in [0, 0.1) is 0 Å². The zero-order chi connectivity index (χ0) is 19.8. The molecule has 2 aliphatic rings. The highest BCUT2D eigenvalue weighted by atomic mass is 16.5. The van der Waals surface area contributed by atoms with Gasteiger partial charge in [0.25, 0.3) is 0 Å². The molecule has 6 heteroatoms. The summed E-state index contributed by atoms with van der Waals surface area (Å²) in [4.78, 5) is 22.3. The maximum Gasteiger partial charge on any atom is 0.338 e. The largest absolute Gasteiger partial charge is 0.459 e. The molecular formula is C23H24N4O2. The molecule has 1 N–H and O–H groups in total. The second kappa shape index (κ2) is 7.35. The number of para-hydroxylation sites is 2. The number of nitrogens with one attached hydrogen (secondary N) is 1. The highest BCUT2D eigenvalue weighted by Gasteiger charge is 2.35. The average Bonchev–Trinajstić information content (AvgIpc) is 3.12. The standard InChI is InChI=1S/C23H24N4O2/c1-15-20(22(28)29-17-7-3-2-4-8-17)21(16-11-13-24-14-12-16)27-19-10-6-5-9-18(19)26-23(27)25-15/h5-6,9-14,17,21H,2-4,7-8H2,1H3,(H,25,26). The molecule has 0 radical (unpaired) electrons. The number of allylic oxidation sites excluding steroid dienone is 1. The minimum atomic E-state index is -0.308. The van der Waals surface area contributed by atoms with Crippen molar-refractivity contribution < 1.29 is 9.53 Å². The number of ether oxygens (including phenoxy) is 1. The second-order valence-electron chi connectivity index (χ2n) is 7.81. The van der Waals surface area contributed by atoms with Crippen molar-refractivity contribution >= 4 is 23.0 Å². The van der Waals surface area contributed by atoms with E-state index in [2.05, 4.69) is 14.9 Å². The van der Waals surface area contributed by atoms with Crippen molar-refractivity contribution in [3.05, 3.63) is 65.6 Å². The number of hydrogen-bond donors (Lipinski definition) is 1. The van der Waals surface area contributed by atoms with Gasteiger partial charge in [0.05, 0.1) is 22.6 Å². The zero-order valence-corrected chi connectivity index (χ0v) is 16.5. The van der Waals surface area contributed by atoms with E-state index in [1.54, 1.807) is 12.4 Å². The van der Waals surface area contributed by atoms with Crippen molar-refractivity contribution in [2.75, 3.05) is 5.32 Å². The Hall–Kier alpha value is -3.15. The maximum absolute atomic E-state index is 13.4. The van der Waals surface area contributed by atoms with Gasteiger partial charge in [-0.1, -0.05) is 18.6 Å². The van der Waals surface area contributed by atoms with Crippen molar-refractivity contribution in [3.8, 4) is 0 Å². The molecule has 0 bridgehead atoms. The van der Waals surface area contributed by atoms with Gasteiger partial charge in [-0.05, 0) is 62.4 Å². The number of anilines is 1. The van der Waals surface area contributed by atoms with E-state index in [0.29, 0.717) is 5.57 Å². The first-order valence-electron chi connectivity index (χ1n) is 10.3. The van der Waals surface area contributed by atoms with Crippen LogP contribution in [-0.2, 0) is 9.53 Å². The summed E-state index contributed by atoms with van der Waals surface area (Å²) in [5.41, 5.74) is 4.28. The lowest BCUT2D eigenvalue weighted by atomic mass is 9.95. The molecule has 0 spiro atoms. The predicted octanol–water partition coefficient (Wildman–Crippen LogP) is 4.60. The SMILES string of the molecule is CC1=C(C(=O)OC2CCCCC2)C(c2ccncc2)n2c(nc3ccccc32)N1. The molecule has 1 unspecified atom stereocenters. The average molecular weight is 388 g/mol. The number of benzene rings is 1. The third-order valence-electron chi connectivity index (χ3n) is 5.90. The number of pyridine rings is 1. The Bertz CT molecular complexity index is 1080. The Morgan fingerprint density at radius 1 is 1.10 bits per heavy atom. The molecule has 1 fully saturated rings. The summed E-state index contributed by atoms with van der Waals surface area (Å²) in [5, 5.41) is 3.33. The number of carbonyl (C=O) groups is 1. The molecule has 6 nitrogen and oxygen atoms in total. The Morgan fingerprint density at radius 2 is 1.86 bits per heavy atom. The van der Waals surface area contributed by atoms with Gasteiger partial charge in [0.15, 0.2) is 0 Å². The second-order valence-corrected chi connectivity index (χ2v) is 7.81. The number of rotatable bonds is 3. The van der Waals surface area contributed by atoms with Gasteiger partial charge in [0, 0.05) is 18.1 Å². The van der Waals surface area contributed by atoms with Crippen LogP contribution in [0.2, 0.25) is 0 Å². The minimum absolute atomic E-state index is 0.00979. The number of esters is 1. The van der Waals surface area contributed by atoms with Crippen molar-refractivity contribution in [1.29, 1.82) is 0 Å². The molecule has 5 rings (SSSR count). The molecule has 1 aromatic carbocycles. The van der Waals surface area contributed by atoms with Crippen LogP contribution < -0.4 is 5.32 Å². The topological polar surface area (TPSA) is 69.0 Å². The molecule has 0 amide bonds. The van der Waals surface area contributed by atoms with Crippen molar-refractivity contribution in [1.82, 2.24) is 14.5 Å². The van der Waals surface area contributed by atoms with Crippen molar-refractivity contribution in [2.24, 2.45) is 0 Å². The van der Waals surface area contributed by atoms with Crippen LogP contribution in [0.15, 0.2) is 60.1 Å². The highest BCUT2D eigenvalue weighted by molar-refractivity contribution is 5.94. The van der Waals surface area contributed by atoms with Crippen LogP contribution >= 0.6 is 0 Å². The van der Waals surface area contributed by atoms with Gasteiger partial charge in [-0.15, -0.1) is 0 Å². The number of fused-ring (bicyclic) bond motifs is 3. The molecule has 29 heavy (non-hydrogen) atoms. The van der Waals surface area contributed by atoms with Gasteiger partial charge in [-0.2, -0.15) is 0 Å². The van der Waals surface area contributed by atoms with E-state index in [-0.39, 0.29) is 18.1 Å². The Labute approximate surface area is 169 Å². The van der Waals surface area contributed by atoms with E-state index in [1.165, 1.54) is 6.42 Å². The van der Waals surface area contributed by atoms with E-state index in [4.69, 9.17) is 9.72 Å². The predicted molar refractivity (Wildman–Crippen MR) is 111 cm³/mol. The summed E-state index contributed by atoms with van der Waals surface area (Å²) in [6, 6.07) is 11.6. The third-order valence-corrected chi connectivity index (χ3v) is 5.90. The first-order valence-corrected chi connectivity index (χ1v) is 10.3. The fourth-order valence-electron chi connectivity index (χ4n) is 4.49. The molecule has 2 aromatic heterocycles. The van der Waals surface area contributed by atoms with Crippen LogP contribution in [0.4, 0.5) is 5.95 Å². The van der Waals surface area contributed by atoms with Gasteiger partial charge in [0.2, 0.25) is 5.95 Å². The van der Waals surface area contributed by atoms with E-state index in [9.17, 15) is 4.79 Å². The molecule has 1 saturated carbocycles. The zero-order valence-electron chi connectivity index (χ0n) is 16.5. The van der Waals surface area contributed by atoms with E-state index in [0.717, 1.165) is 53.9 Å². The van der Waals surface area contributed by atoms with Crippen LogP contribution in [0.5, 0.6) is 0 Å². The minimum Gasteiger partial charge on any atom is -0.459 e. The first-order chi connectivity index (χ1) is 14.2. The third kappa shape index (κ3) is 3.18. The Morgan fingerprint density at radius 3 is 2.66 bits per heavy atom. The van der Waals surface area contributed by atoms with E-state index >= 15 is 0 Å². The molecule has 0 saturated heterocycles. The number of aromatic nitrogens is 3. The molecule has 3 heterocycles. The van der Waals surface area contributed by atoms with Crippen LogP contribution in [0.3, 0.4) is 0 Å². The molecule has 1 aliphatic carbocycles. The van der Waals surface area contributed by atoms with Gasteiger partial charge < -0.3 is 10.1 Å². The van der Waals surface area contributed by atoms with Gasteiger partial charge in [0.1, 0.15) is 6.10 Å². The summed E-state index contributed by atoms with van der Waals surface area (Å²) >= 11 is 0. The lowest BCUT2D eigenvalue weighted by molar-refractivity contribution is -0.146. The number of carbonyl (C=O) groups excluding carboxylic acids is 1. The summed E-state index contributed by atoms with van der Waals surface area (Å²) < 4.78 is 8.06. The normalized spacial score (nSPS) is 19.7. The smallest absolute Gasteiger partial charge is 0.338 e. The fourth-order valence-corrected chi connectivity index (χ4v) is 4.49. The van der Waals surface area contributed by atoms with E-state index in [1.807, 2.05) is 43.3 Å². The summed E-state index contributed by atoms with van der Waals surface area (Å²) in [7, 11) is 0. The number of nitrogens with zero attached hydrogens (tertiary/aromatic N) is 3. The van der Waals surface area contributed by atoms with Crippen LogP contribution in [0.1, 0.15) is 50.6 Å². The Balaban J connectivity index is 1.61. The summed E-state index contributed by atoms with van der Waals surface area (Å²) in [5.74, 6) is 0.492. The lowest BCUT2D eigenvalue weighted by Gasteiger charge is -2.31. The number of hydrogen-bond acceptors (Lipinski definition) is 5. The quantitative estimate of drug-likeness (QED) is 0.664. The van der Waals surface area contributed by atoms with Crippen LogP contribution in [-0.4, -0.2) is 26.6 Å². The highest BCUT2D eigenvalue weighted by Crippen LogP contribution is 2.39. The fraction of sp³-hybridized carbons (Fsp3) is 0.348. The monoisotopic (exact) mass is 388 g/mol. The van der Waals surface area contributed by atoms with Crippen molar-refractivity contribution in [3.63, 3.8) is 0 Å². The Kier molecular flexibility index (Phi) is 4.54. The van der Waals surface area contributed by atoms with Crippen molar-refractivity contribution in [2.45, 2.75) is 51.2 Å².